The van der Waals surface area contributed by atoms with Gasteiger partial charge in [-0.15, -0.1) is 11.3 Å². The molecule has 0 amide bonds. The summed E-state index contributed by atoms with van der Waals surface area (Å²) in [5.41, 5.74) is 3.99. The molecule has 0 aliphatic rings. The smallest absolute Gasteiger partial charge is 0.109 e. The van der Waals surface area contributed by atoms with E-state index in [-0.39, 0.29) is 6.04 Å². The Kier molecular flexibility index (Phi) is 4.95. The van der Waals surface area contributed by atoms with E-state index in [0.29, 0.717) is 6.04 Å². The molecular weight excluding hydrogens is 264 g/mol. The second-order valence-corrected chi connectivity index (χ2v) is 6.70. The summed E-state index contributed by atoms with van der Waals surface area (Å²) in [6.45, 7) is 10.9. The van der Waals surface area contributed by atoms with Crippen molar-refractivity contribution in [3.8, 4) is 0 Å². The van der Waals surface area contributed by atoms with Gasteiger partial charge in [0.1, 0.15) is 5.01 Å². The molecule has 1 aromatic carbocycles. The first-order valence-electron chi connectivity index (χ1n) is 7.28. The fourth-order valence-electron chi connectivity index (χ4n) is 2.49. The van der Waals surface area contributed by atoms with E-state index in [2.05, 4.69) is 63.1 Å². The Labute approximate surface area is 126 Å². The molecule has 0 aliphatic carbocycles. The topological polar surface area (TPSA) is 24.9 Å². The van der Waals surface area contributed by atoms with Gasteiger partial charge in [0.25, 0.3) is 0 Å². The highest BCUT2D eigenvalue weighted by atomic mass is 32.1. The summed E-state index contributed by atoms with van der Waals surface area (Å²) in [5, 5.41) is 4.83. The van der Waals surface area contributed by atoms with Crippen LogP contribution in [0, 0.1) is 13.8 Å². The van der Waals surface area contributed by atoms with Gasteiger partial charge in [-0.25, -0.2) is 4.98 Å². The second-order valence-electron chi connectivity index (χ2n) is 5.55. The number of nitrogens with zero attached hydrogens (tertiary/aromatic N) is 1. The molecule has 0 bridgehead atoms. The summed E-state index contributed by atoms with van der Waals surface area (Å²) in [6, 6.07) is 7.36. The van der Waals surface area contributed by atoms with E-state index in [1.54, 1.807) is 0 Å². The van der Waals surface area contributed by atoms with Crippen molar-refractivity contribution in [3.05, 3.63) is 51.0 Å². The third-order valence-corrected chi connectivity index (χ3v) is 4.86. The minimum atomic E-state index is 0.288. The molecule has 0 aliphatic heterocycles. The highest BCUT2D eigenvalue weighted by Crippen LogP contribution is 2.24. The van der Waals surface area contributed by atoms with Crippen LogP contribution in [0.15, 0.2) is 24.4 Å². The van der Waals surface area contributed by atoms with Crippen molar-refractivity contribution in [1.29, 1.82) is 0 Å². The molecule has 2 atom stereocenters. The van der Waals surface area contributed by atoms with E-state index in [1.165, 1.54) is 26.6 Å². The predicted octanol–water partition coefficient (Wildman–Crippen LogP) is 4.73. The lowest BCUT2D eigenvalue weighted by molar-refractivity contribution is 0.493. The molecular formula is C17H24N2S. The number of hydrogen-bond donors (Lipinski definition) is 1. The molecule has 2 aromatic rings. The molecule has 2 rings (SSSR count). The van der Waals surface area contributed by atoms with Gasteiger partial charge in [0, 0.05) is 17.1 Å². The molecule has 20 heavy (non-hydrogen) atoms. The van der Waals surface area contributed by atoms with Crippen LogP contribution in [0.4, 0.5) is 0 Å². The van der Waals surface area contributed by atoms with E-state index < -0.39 is 0 Å². The van der Waals surface area contributed by atoms with Gasteiger partial charge in [-0.2, -0.15) is 0 Å². The predicted molar refractivity (Wildman–Crippen MR) is 87.4 cm³/mol. The lowest BCUT2D eigenvalue weighted by Crippen LogP contribution is -2.22. The first kappa shape index (κ1) is 15.2. The maximum atomic E-state index is 4.52. The molecule has 108 valence electrons. The lowest BCUT2D eigenvalue weighted by atomic mass is 10.0. The second kappa shape index (κ2) is 6.51. The minimum absolute atomic E-state index is 0.288. The normalized spacial score (nSPS) is 14.2. The van der Waals surface area contributed by atoms with Crippen LogP contribution in [0.2, 0.25) is 0 Å². The Bertz CT molecular complexity index is 554. The van der Waals surface area contributed by atoms with E-state index in [1.807, 2.05) is 17.5 Å². The summed E-state index contributed by atoms with van der Waals surface area (Å²) >= 11 is 1.81. The molecule has 0 radical (unpaired) electrons. The van der Waals surface area contributed by atoms with Crippen LogP contribution >= 0.6 is 11.3 Å². The largest absolute Gasteiger partial charge is 0.302 e. The Morgan fingerprint density at radius 3 is 2.30 bits per heavy atom. The standard InChI is InChI=1S/C17H24N2S/c1-6-16-10-18-17(20-16)14(5)19-13(4)15-8-11(2)7-12(3)9-15/h7-10,13-14,19H,6H2,1-5H3. The van der Waals surface area contributed by atoms with Gasteiger partial charge in [0.05, 0.1) is 6.04 Å². The van der Waals surface area contributed by atoms with Crippen LogP contribution in [0.25, 0.3) is 0 Å². The zero-order valence-electron chi connectivity index (χ0n) is 13.0. The number of benzene rings is 1. The zero-order chi connectivity index (χ0) is 14.7. The third kappa shape index (κ3) is 3.68. The number of aromatic nitrogens is 1. The fraction of sp³-hybridized carbons (Fsp3) is 0.471. The number of hydrogen-bond acceptors (Lipinski definition) is 3. The van der Waals surface area contributed by atoms with E-state index in [9.17, 15) is 0 Å². The van der Waals surface area contributed by atoms with Crippen molar-refractivity contribution in [2.45, 2.75) is 53.1 Å². The minimum Gasteiger partial charge on any atom is -0.302 e. The van der Waals surface area contributed by atoms with Crippen LogP contribution < -0.4 is 5.32 Å². The molecule has 0 saturated heterocycles. The maximum absolute atomic E-state index is 4.52. The lowest BCUT2D eigenvalue weighted by Gasteiger charge is -2.19. The van der Waals surface area contributed by atoms with Gasteiger partial charge in [-0.3, -0.25) is 0 Å². The summed E-state index contributed by atoms with van der Waals surface area (Å²) in [4.78, 5) is 5.88. The fourth-order valence-corrected chi connectivity index (χ4v) is 3.36. The van der Waals surface area contributed by atoms with Gasteiger partial charge < -0.3 is 5.32 Å². The van der Waals surface area contributed by atoms with Gasteiger partial charge in [0.2, 0.25) is 0 Å². The van der Waals surface area contributed by atoms with Crippen molar-refractivity contribution in [1.82, 2.24) is 10.3 Å². The van der Waals surface area contributed by atoms with Crippen LogP contribution in [0.1, 0.15) is 59.4 Å². The van der Waals surface area contributed by atoms with Gasteiger partial charge in [-0.05, 0) is 39.7 Å². The van der Waals surface area contributed by atoms with E-state index in [4.69, 9.17) is 0 Å². The molecule has 1 heterocycles. The number of thiazole rings is 1. The van der Waals surface area contributed by atoms with Crippen molar-refractivity contribution in [3.63, 3.8) is 0 Å². The van der Waals surface area contributed by atoms with E-state index >= 15 is 0 Å². The van der Waals surface area contributed by atoms with Crippen molar-refractivity contribution in [2.24, 2.45) is 0 Å². The average molecular weight is 288 g/mol. The highest BCUT2D eigenvalue weighted by Gasteiger charge is 2.14. The Morgan fingerprint density at radius 2 is 1.75 bits per heavy atom. The van der Waals surface area contributed by atoms with Crippen LogP contribution in [0.5, 0.6) is 0 Å². The molecule has 2 unspecified atom stereocenters. The number of rotatable bonds is 5. The Hall–Kier alpha value is -1.19. The third-order valence-electron chi connectivity index (χ3n) is 3.53. The van der Waals surface area contributed by atoms with Crippen LogP contribution in [0.3, 0.4) is 0 Å². The monoisotopic (exact) mass is 288 g/mol. The number of aryl methyl sites for hydroxylation is 3. The van der Waals surface area contributed by atoms with Crippen LogP contribution in [-0.2, 0) is 6.42 Å². The van der Waals surface area contributed by atoms with Crippen molar-refractivity contribution < 1.29 is 0 Å². The Balaban J connectivity index is 2.08. The zero-order valence-corrected chi connectivity index (χ0v) is 13.8. The van der Waals surface area contributed by atoms with Gasteiger partial charge in [0.15, 0.2) is 0 Å². The molecule has 2 nitrogen and oxygen atoms in total. The van der Waals surface area contributed by atoms with Crippen molar-refractivity contribution >= 4 is 11.3 Å². The molecule has 0 fully saturated rings. The summed E-state index contributed by atoms with van der Waals surface area (Å²) in [5.74, 6) is 0. The van der Waals surface area contributed by atoms with Crippen LogP contribution in [-0.4, -0.2) is 4.98 Å². The average Bonchev–Trinajstić information content (AvgIpc) is 2.86. The maximum Gasteiger partial charge on any atom is 0.109 e. The number of nitrogens with one attached hydrogen (secondary N) is 1. The quantitative estimate of drug-likeness (QED) is 0.860. The molecule has 3 heteroatoms. The Morgan fingerprint density at radius 1 is 1.10 bits per heavy atom. The summed E-state index contributed by atoms with van der Waals surface area (Å²) in [6.07, 6.45) is 3.07. The first-order valence-corrected chi connectivity index (χ1v) is 8.10. The molecule has 0 saturated carbocycles. The van der Waals surface area contributed by atoms with Crippen molar-refractivity contribution in [2.75, 3.05) is 0 Å². The summed E-state index contributed by atoms with van der Waals surface area (Å²) in [7, 11) is 0. The first-order chi connectivity index (χ1) is 9.49. The van der Waals surface area contributed by atoms with E-state index in [0.717, 1.165) is 6.42 Å². The highest BCUT2D eigenvalue weighted by molar-refractivity contribution is 7.11. The SMILES string of the molecule is CCc1cnc(C(C)NC(C)c2cc(C)cc(C)c2)s1. The van der Waals surface area contributed by atoms with Gasteiger partial charge in [-0.1, -0.05) is 36.2 Å². The molecule has 1 N–H and O–H groups in total. The van der Waals surface area contributed by atoms with Gasteiger partial charge >= 0.3 is 0 Å². The molecule has 1 aromatic heterocycles. The summed E-state index contributed by atoms with van der Waals surface area (Å²) < 4.78 is 0. The molecule has 0 spiro atoms.